The van der Waals surface area contributed by atoms with Crippen molar-refractivity contribution in [3.05, 3.63) is 35.4 Å². The van der Waals surface area contributed by atoms with Gasteiger partial charge in [-0.1, -0.05) is 24.3 Å². The van der Waals surface area contributed by atoms with Gasteiger partial charge in [0.15, 0.2) is 0 Å². The minimum Gasteiger partial charge on any atom is -0.385 e. The highest BCUT2D eigenvalue weighted by atomic mass is 16.5. The molecular formula is C15H20O2. The van der Waals surface area contributed by atoms with Gasteiger partial charge in [0.05, 0.1) is 12.2 Å². The van der Waals surface area contributed by atoms with Crippen LogP contribution in [0.25, 0.3) is 0 Å². The van der Waals surface area contributed by atoms with E-state index < -0.39 is 5.60 Å². The van der Waals surface area contributed by atoms with Crippen LogP contribution in [0.4, 0.5) is 0 Å². The maximum absolute atomic E-state index is 11.1. The van der Waals surface area contributed by atoms with Gasteiger partial charge in [0.2, 0.25) is 0 Å². The number of aryl methyl sites for hydroxylation is 1. The van der Waals surface area contributed by atoms with Crippen LogP contribution in [0.15, 0.2) is 24.3 Å². The van der Waals surface area contributed by atoms with Gasteiger partial charge >= 0.3 is 0 Å². The summed E-state index contributed by atoms with van der Waals surface area (Å²) in [5.74, 6) is 0.279. The Labute approximate surface area is 103 Å². The number of ether oxygens (including phenoxy) is 1. The van der Waals surface area contributed by atoms with Crippen LogP contribution in [0.2, 0.25) is 0 Å². The van der Waals surface area contributed by atoms with Crippen molar-refractivity contribution in [3.8, 4) is 0 Å². The normalized spacial score (nSPS) is 33.1. The van der Waals surface area contributed by atoms with E-state index >= 15 is 0 Å². The van der Waals surface area contributed by atoms with Crippen molar-refractivity contribution >= 4 is 0 Å². The van der Waals surface area contributed by atoms with Crippen LogP contribution in [0, 0.1) is 5.92 Å². The van der Waals surface area contributed by atoms with Gasteiger partial charge in [0.1, 0.15) is 0 Å². The van der Waals surface area contributed by atoms with E-state index in [1.165, 1.54) is 12.0 Å². The predicted octanol–water partition coefficient (Wildman–Crippen LogP) is 2.64. The topological polar surface area (TPSA) is 29.5 Å². The number of fused-ring (bicyclic) bond motifs is 1. The summed E-state index contributed by atoms with van der Waals surface area (Å²) in [7, 11) is 0. The molecule has 2 nitrogen and oxygen atoms in total. The van der Waals surface area contributed by atoms with Crippen molar-refractivity contribution in [1.82, 2.24) is 0 Å². The average molecular weight is 232 g/mol. The summed E-state index contributed by atoms with van der Waals surface area (Å²) in [6, 6.07) is 8.40. The molecule has 1 fully saturated rings. The van der Waals surface area contributed by atoms with Crippen LogP contribution in [0.1, 0.15) is 36.8 Å². The van der Waals surface area contributed by atoms with Crippen LogP contribution >= 0.6 is 0 Å². The van der Waals surface area contributed by atoms with Crippen LogP contribution in [-0.4, -0.2) is 18.3 Å². The molecule has 0 spiro atoms. The molecule has 1 aromatic carbocycles. The first kappa shape index (κ1) is 11.2. The molecule has 2 unspecified atom stereocenters. The number of hydrogen-bond acceptors (Lipinski definition) is 2. The first-order valence-electron chi connectivity index (χ1n) is 6.69. The van der Waals surface area contributed by atoms with Gasteiger partial charge in [-0.15, -0.1) is 0 Å². The molecule has 17 heavy (non-hydrogen) atoms. The summed E-state index contributed by atoms with van der Waals surface area (Å²) in [6.45, 7) is 1.51. The maximum atomic E-state index is 11.1. The van der Waals surface area contributed by atoms with E-state index in [-0.39, 0.29) is 5.92 Å². The number of aliphatic hydroxyl groups is 1. The summed E-state index contributed by atoms with van der Waals surface area (Å²) >= 11 is 0. The SMILES string of the molecule is OC1(C2CCOC2)CCCCc2ccccc21. The summed E-state index contributed by atoms with van der Waals surface area (Å²) in [4.78, 5) is 0. The zero-order chi connectivity index (χ0) is 11.7. The Hall–Kier alpha value is -0.860. The van der Waals surface area contributed by atoms with E-state index in [0.29, 0.717) is 6.61 Å². The molecule has 1 heterocycles. The molecule has 2 aliphatic rings. The zero-order valence-electron chi connectivity index (χ0n) is 10.2. The second-order valence-electron chi connectivity index (χ2n) is 5.35. The van der Waals surface area contributed by atoms with Crippen LogP contribution in [0.3, 0.4) is 0 Å². The van der Waals surface area contributed by atoms with E-state index in [9.17, 15) is 5.11 Å². The molecule has 0 saturated carbocycles. The minimum atomic E-state index is -0.649. The first-order valence-corrected chi connectivity index (χ1v) is 6.69. The van der Waals surface area contributed by atoms with Crippen molar-refractivity contribution in [2.75, 3.05) is 13.2 Å². The van der Waals surface area contributed by atoms with E-state index in [4.69, 9.17) is 4.74 Å². The Morgan fingerprint density at radius 3 is 2.94 bits per heavy atom. The number of hydrogen-bond donors (Lipinski definition) is 1. The Bertz CT molecular complexity index is 396. The fourth-order valence-corrected chi connectivity index (χ4v) is 3.34. The molecule has 0 radical (unpaired) electrons. The molecule has 1 aromatic rings. The standard InChI is InChI=1S/C15H20O2/c16-15(13-8-10-17-11-13)9-4-3-6-12-5-1-2-7-14(12)15/h1-2,5,7,13,16H,3-4,6,8-11H2. The van der Waals surface area contributed by atoms with Gasteiger partial charge in [-0.05, 0) is 43.2 Å². The molecule has 0 bridgehead atoms. The Kier molecular flexibility index (Phi) is 2.93. The summed E-state index contributed by atoms with van der Waals surface area (Å²) in [5, 5.41) is 11.1. The van der Waals surface area contributed by atoms with Gasteiger partial charge < -0.3 is 9.84 Å². The first-order chi connectivity index (χ1) is 8.31. The quantitative estimate of drug-likeness (QED) is 0.754. The molecule has 1 aliphatic heterocycles. The summed E-state index contributed by atoms with van der Waals surface area (Å²) < 4.78 is 5.47. The van der Waals surface area contributed by atoms with Crippen LogP contribution in [-0.2, 0) is 16.8 Å². The second kappa shape index (κ2) is 4.43. The van der Waals surface area contributed by atoms with Gasteiger partial charge in [-0.3, -0.25) is 0 Å². The van der Waals surface area contributed by atoms with Crippen molar-refractivity contribution in [1.29, 1.82) is 0 Å². The highest BCUT2D eigenvalue weighted by molar-refractivity contribution is 5.34. The third-order valence-corrected chi connectivity index (χ3v) is 4.34. The largest absolute Gasteiger partial charge is 0.385 e. The highest BCUT2D eigenvalue weighted by Gasteiger charge is 2.42. The van der Waals surface area contributed by atoms with E-state index in [1.54, 1.807) is 0 Å². The van der Waals surface area contributed by atoms with E-state index in [2.05, 4.69) is 18.2 Å². The fourth-order valence-electron chi connectivity index (χ4n) is 3.34. The Balaban J connectivity index is 2.03. The Morgan fingerprint density at radius 1 is 1.24 bits per heavy atom. The molecule has 2 atom stereocenters. The lowest BCUT2D eigenvalue weighted by Gasteiger charge is -2.34. The highest BCUT2D eigenvalue weighted by Crippen LogP contribution is 2.42. The summed E-state index contributed by atoms with van der Waals surface area (Å²) in [5.41, 5.74) is 1.84. The zero-order valence-corrected chi connectivity index (χ0v) is 10.2. The lowest BCUT2D eigenvalue weighted by atomic mass is 9.77. The molecule has 0 amide bonds. The van der Waals surface area contributed by atoms with Crippen molar-refractivity contribution < 1.29 is 9.84 Å². The number of rotatable bonds is 1. The molecule has 3 rings (SSSR count). The lowest BCUT2D eigenvalue weighted by Crippen LogP contribution is -2.35. The van der Waals surface area contributed by atoms with Gasteiger partial charge in [-0.25, -0.2) is 0 Å². The molecule has 1 N–H and O–H groups in total. The van der Waals surface area contributed by atoms with Crippen LogP contribution < -0.4 is 0 Å². The van der Waals surface area contributed by atoms with E-state index in [0.717, 1.165) is 37.9 Å². The third-order valence-electron chi connectivity index (χ3n) is 4.34. The lowest BCUT2D eigenvalue weighted by molar-refractivity contribution is -0.0350. The smallest absolute Gasteiger partial charge is 0.0950 e. The predicted molar refractivity (Wildman–Crippen MR) is 66.8 cm³/mol. The molecule has 92 valence electrons. The minimum absolute atomic E-state index is 0.279. The second-order valence-corrected chi connectivity index (χ2v) is 5.35. The average Bonchev–Trinajstić information content (AvgIpc) is 2.84. The van der Waals surface area contributed by atoms with Crippen molar-refractivity contribution in [3.63, 3.8) is 0 Å². The molecular weight excluding hydrogens is 212 g/mol. The fraction of sp³-hybridized carbons (Fsp3) is 0.600. The molecule has 2 heteroatoms. The molecule has 1 saturated heterocycles. The number of benzene rings is 1. The summed E-state index contributed by atoms with van der Waals surface area (Å²) in [6.07, 6.45) is 5.28. The van der Waals surface area contributed by atoms with Gasteiger partial charge in [0, 0.05) is 12.5 Å². The maximum Gasteiger partial charge on any atom is 0.0950 e. The van der Waals surface area contributed by atoms with E-state index in [1.807, 2.05) is 6.07 Å². The molecule has 0 aromatic heterocycles. The van der Waals surface area contributed by atoms with Gasteiger partial charge in [0.25, 0.3) is 0 Å². The third kappa shape index (κ3) is 1.90. The molecule has 1 aliphatic carbocycles. The van der Waals surface area contributed by atoms with Crippen molar-refractivity contribution in [2.24, 2.45) is 5.92 Å². The Morgan fingerprint density at radius 2 is 2.12 bits per heavy atom. The van der Waals surface area contributed by atoms with Crippen LogP contribution in [0.5, 0.6) is 0 Å². The van der Waals surface area contributed by atoms with Crippen molar-refractivity contribution in [2.45, 2.75) is 37.7 Å². The van der Waals surface area contributed by atoms with Gasteiger partial charge in [-0.2, -0.15) is 0 Å². The monoisotopic (exact) mass is 232 g/mol.